The summed E-state index contributed by atoms with van der Waals surface area (Å²) in [6.45, 7) is -2.90. The van der Waals surface area contributed by atoms with Crippen LogP contribution in [0.15, 0.2) is 16.6 Å². The molecule has 0 amide bonds. The monoisotopic (exact) mass is 383 g/mol. The van der Waals surface area contributed by atoms with Crippen LogP contribution in [0.4, 0.5) is 14.5 Å². The van der Waals surface area contributed by atoms with Gasteiger partial charge in [-0.05, 0) is 40.9 Å². The first kappa shape index (κ1) is 16.8. The average Bonchev–Trinajstić information content (AvgIpc) is 2.43. The van der Waals surface area contributed by atoms with Gasteiger partial charge in [0.1, 0.15) is 0 Å². The van der Waals surface area contributed by atoms with Crippen LogP contribution in [0, 0.1) is 0 Å². The molecule has 0 spiro atoms. The van der Waals surface area contributed by atoms with Crippen LogP contribution in [0.3, 0.4) is 0 Å². The Labute approximate surface area is 136 Å². The highest BCUT2D eigenvalue weighted by Gasteiger charge is 2.26. The fourth-order valence-electron chi connectivity index (χ4n) is 2.62. The molecule has 2 rings (SSSR count). The number of hydrogen-bond acceptors (Lipinski definition) is 3. The third-order valence-corrected chi connectivity index (χ3v) is 4.37. The summed E-state index contributed by atoms with van der Waals surface area (Å²) < 4.78 is 35.6. The number of anilines is 1. The summed E-state index contributed by atoms with van der Waals surface area (Å²) in [6, 6.07) is 3.17. The van der Waals surface area contributed by atoms with E-state index in [2.05, 4.69) is 26.0 Å². The molecular formula is C14H17BrClF2NO2. The highest BCUT2D eigenvalue weighted by Crippen LogP contribution is 2.39. The molecule has 1 saturated carbocycles. The minimum atomic E-state index is -2.90. The first-order chi connectivity index (χ1) is 10.0. The highest BCUT2D eigenvalue weighted by atomic mass is 79.9. The number of benzene rings is 1. The molecule has 1 fully saturated rings. The van der Waals surface area contributed by atoms with Crippen molar-refractivity contribution < 1.29 is 18.3 Å². The van der Waals surface area contributed by atoms with Crippen molar-refractivity contribution >= 4 is 33.2 Å². The van der Waals surface area contributed by atoms with Crippen molar-refractivity contribution in [3.63, 3.8) is 0 Å². The zero-order valence-corrected chi connectivity index (χ0v) is 13.9. The highest BCUT2D eigenvalue weighted by molar-refractivity contribution is 9.10. The number of hydrogen-bond donors (Lipinski definition) is 1. The second-order valence-corrected chi connectivity index (χ2v) is 6.24. The van der Waals surface area contributed by atoms with Crippen LogP contribution in [0.5, 0.6) is 5.75 Å². The summed E-state index contributed by atoms with van der Waals surface area (Å²) >= 11 is 9.21. The Kier molecular flexibility index (Phi) is 6.08. The van der Waals surface area contributed by atoms with Crippen molar-refractivity contribution in [2.75, 3.05) is 12.4 Å². The van der Waals surface area contributed by atoms with Crippen molar-refractivity contribution in [3.05, 3.63) is 21.6 Å². The summed E-state index contributed by atoms with van der Waals surface area (Å²) in [5, 5.41) is 3.68. The lowest BCUT2D eigenvalue weighted by Gasteiger charge is -2.32. The molecule has 1 N–H and O–H groups in total. The van der Waals surface area contributed by atoms with Crippen LogP contribution < -0.4 is 10.1 Å². The number of rotatable bonds is 5. The molecule has 2 atom stereocenters. The van der Waals surface area contributed by atoms with Crippen molar-refractivity contribution in [1.82, 2.24) is 0 Å². The number of alkyl halides is 2. The molecule has 0 heterocycles. The third-order valence-electron chi connectivity index (χ3n) is 3.56. The number of halogens is 4. The summed E-state index contributed by atoms with van der Waals surface area (Å²) in [6.07, 6.45) is 4.09. The van der Waals surface area contributed by atoms with Crippen LogP contribution in [-0.4, -0.2) is 25.9 Å². The van der Waals surface area contributed by atoms with E-state index in [1.165, 1.54) is 6.07 Å². The van der Waals surface area contributed by atoms with Gasteiger partial charge < -0.3 is 14.8 Å². The molecule has 21 heavy (non-hydrogen) atoms. The first-order valence-electron chi connectivity index (χ1n) is 6.74. The van der Waals surface area contributed by atoms with Gasteiger partial charge in [0, 0.05) is 12.1 Å². The van der Waals surface area contributed by atoms with Crippen molar-refractivity contribution in [2.45, 2.75) is 44.4 Å². The van der Waals surface area contributed by atoms with E-state index in [1.807, 2.05) is 0 Å². The largest absolute Gasteiger partial charge is 0.431 e. The third kappa shape index (κ3) is 4.44. The zero-order chi connectivity index (χ0) is 15.4. The van der Waals surface area contributed by atoms with Crippen LogP contribution in [-0.2, 0) is 4.74 Å². The Balaban J connectivity index is 2.24. The van der Waals surface area contributed by atoms with E-state index >= 15 is 0 Å². The van der Waals surface area contributed by atoms with Crippen molar-refractivity contribution in [1.29, 1.82) is 0 Å². The summed E-state index contributed by atoms with van der Waals surface area (Å²) in [7, 11) is 1.66. The molecule has 0 aromatic heterocycles. The summed E-state index contributed by atoms with van der Waals surface area (Å²) in [5.41, 5.74) is 0.448. The van der Waals surface area contributed by atoms with Crippen LogP contribution in [0.1, 0.15) is 25.7 Å². The lowest BCUT2D eigenvalue weighted by Crippen LogP contribution is -2.37. The molecule has 118 valence electrons. The Bertz CT molecular complexity index is 490. The van der Waals surface area contributed by atoms with Gasteiger partial charge in [-0.3, -0.25) is 0 Å². The van der Waals surface area contributed by atoms with E-state index in [1.54, 1.807) is 13.2 Å². The fourth-order valence-corrected chi connectivity index (χ4v) is 3.52. The summed E-state index contributed by atoms with van der Waals surface area (Å²) in [4.78, 5) is 0. The number of methoxy groups -OCH3 is 1. The van der Waals surface area contributed by atoms with Crippen LogP contribution in [0.2, 0.25) is 5.02 Å². The van der Waals surface area contributed by atoms with E-state index < -0.39 is 6.61 Å². The Hall–Kier alpha value is -0.590. The molecule has 1 aromatic carbocycles. The van der Waals surface area contributed by atoms with Gasteiger partial charge in [0.25, 0.3) is 0 Å². The summed E-state index contributed by atoms with van der Waals surface area (Å²) in [5.74, 6) is 0.0647. The molecule has 1 aliphatic carbocycles. The molecule has 1 aliphatic rings. The van der Waals surface area contributed by atoms with Gasteiger partial charge >= 0.3 is 6.61 Å². The molecule has 0 aliphatic heterocycles. The molecule has 2 unspecified atom stereocenters. The maximum atomic E-state index is 12.6. The first-order valence-corrected chi connectivity index (χ1v) is 7.91. The molecule has 0 radical (unpaired) electrons. The van der Waals surface area contributed by atoms with Crippen LogP contribution in [0.25, 0.3) is 0 Å². The minimum Gasteiger partial charge on any atom is -0.431 e. The molecule has 7 heteroatoms. The van der Waals surface area contributed by atoms with Gasteiger partial charge in [0.15, 0.2) is 5.75 Å². The van der Waals surface area contributed by atoms with E-state index in [-0.39, 0.29) is 17.9 Å². The van der Waals surface area contributed by atoms with E-state index in [9.17, 15) is 8.78 Å². The van der Waals surface area contributed by atoms with E-state index in [0.29, 0.717) is 15.2 Å². The second-order valence-electron chi connectivity index (χ2n) is 4.95. The molecule has 0 bridgehead atoms. The molecule has 0 saturated heterocycles. The second kappa shape index (κ2) is 7.61. The van der Waals surface area contributed by atoms with Crippen molar-refractivity contribution in [3.8, 4) is 5.75 Å². The van der Waals surface area contributed by atoms with Gasteiger partial charge in [0.05, 0.1) is 22.3 Å². The van der Waals surface area contributed by atoms with Gasteiger partial charge in [-0.2, -0.15) is 8.78 Å². The van der Waals surface area contributed by atoms with Gasteiger partial charge in [-0.25, -0.2) is 0 Å². The Morgan fingerprint density at radius 1 is 1.33 bits per heavy atom. The van der Waals surface area contributed by atoms with Crippen molar-refractivity contribution in [2.24, 2.45) is 0 Å². The van der Waals surface area contributed by atoms with E-state index in [0.717, 1.165) is 25.7 Å². The predicted octanol–water partition coefficient (Wildman–Crippen LogP) is 5.07. The van der Waals surface area contributed by atoms with Gasteiger partial charge in [0.2, 0.25) is 0 Å². The molecular weight excluding hydrogens is 368 g/mol. The molecule has 1 aromatic rings. The quantitative estimate of drug-likeness (QED) is 0.768. The SMILES string of the molecule is COC1CCCCC1Nc1cc(Cl)cc(Br)c1OC(F)F. The topological polar surface area (TPSA) is 30.5 Å². The van der Waals surface area contributed by atoms with Crippen LogP contribution >= 0.6 is 27.5 Å². The minimum absolute atomic E-state index is 0.0501. The predicted molar refractivity (Wildman–Crippen MR) is 82.5 cm³/mol. The molecule has 3 nitrogen and oxygen atoms in total. The lowest BCUT2D eigenvalue weighted by molar-refractivity contribution is -0.0499. The maximum Gasteiger partial charge on any atom is 0.387 e. The zero-order valence-electron chi connectivity index (χ0n) is 11.5. The lowest BCUT2D eigenvalue weighted by atomic mass is 9.92. The number of nitrogens with one attached hydrogen (secondary N) is 1. The van der Waals surface area contributed by atoms with Gasteiger partial charge in [-0.1, -0.05) is 24.4 Å². The Morgan fingerprint density at radius 3 is 2.71 bits per heavy atom. The maximum absolute atomic E-state index is 12.6. The fraction of sp³-hybridized carbons (Fsp3) is 0.571. The Morgan fingerprint density at radius 2 is 2.05 bits per heavy atom. The smallest absolute Gasteiger partial charge is 0.387 e. The van der Waals surface area contributed by atoms with E-state index in [4.69, 9.17) is 16.3 Å². The van der Waals surface area contributed by atoms with Gasteiger partial charge in [-0.15, -0.1) is 0 Å². The number of ether oxygens (including phenoxy) is 2. The normalized spacial score (nSPS) is 22.4. The average molecular weight is 385 g/mol. The standard InChI is InChI=1S/C14H17BrClF2NO2/c1-20-12-5-3-2-4-10(12)19-11-7-8(16)6-9(15)13(11)21-14(17)18/h6-7,10,12,14,19H,2-5H2,1H3.